The highest BCUT2D eigenvalue weighted by Gasteiger charge is 2.34. The maximum Gasteiger partial charge on any atom is 0.320 e. The summed E-state index contributed by atoms with van der Waals surface area (Å²) in [6, 6.07) is 3.09. The summed E-state index contributed by atoms with van der Waals surface area (Å²) in [5.74, 6) is -2.63. The second-order valence-electron chi connectivity index (χ2n) is 2.99. The van der Waals surface area contributed by atoms with E-state index in [-0.39, 0.29) is 0 Å². The van der Waals surface area contributed by atoms with Gasteiger partial charge in [0.2, 0.25) is 0 Å². The first kappa shape index (κ1) is 14.5. The van der Waals surface area contributed by atoms with E-state index in [0.29, 0.717) is 5.56 Å². The van der Waals surface area contributed by atoms with Gasteiger partial charge in [-0.15, -0.1) is 0 Å². The Bertz CT molecular complexity index is 396. The second-order valence-corrected chi connectivity index (χ2v) is 4.46. The zero-order valence-electron chi connectivity index (χ0n) is 8.44. The Kier molecular flexibility index (Phi) is 5.42. The minimum Gasteiger partial charge on any atom is -0.342 e. The van der Waals surface area contributed by atoms with Crippen LogP contribution in [0.3, 0.4) is 0 Å². The van der Waals surface area contributed by atoms with E-state index >= 15 is 0 Å². The fourth-order valence-electron chi connectivity index (χ4n) is 1.13. The fraction of sp³-hybridized carbons (Fsp3) is 0.286. The monoisotopic (exact) mass is 283 g/mol. The van der Waals surface area contributed by atoms with E-state index < -0.39 is 28.9 Å². The molecule has 17 heavy (non-hydrogen) atoms. The third kappa shape index (κ3) is 5.52. The van der Waals surface area contributed by atoms with Crippen molar-refractivity contribution in [3.63, 3.8) is 0 Å². The molecule has 1 aromatic heterocycles. The summed E-state index contributed by atoms with van der Waals surface area (Å²) in [5, 5.41) is 9.66. The largest absolute Gasteiger partial charge is 0.342 e. The van der Waals surface area contributed by atoms with Gasteiger partial charge < -0.3 is 14.9 Å². The van der Waals surface area contributed by atoms with E-state index in [1.54, 1.807) is 6.07 Å². The molecule has 0 amide bonds. The molecule has 1 rings (SSSR count). The Morgan fingerprint density at radius 2 is 1.88 bits per heavy atom. The normalized spacial score (nSPS) is 18.3. The van der Waals surface area contributed by atoms with E-state index in [4.69, 9.17) is 9.79 Å². The molecule has 1 aromatic rings. The molecule has 0 fully saturated rings. The first-order valence-corrected chi connectivity index (χ1v) is 6.89. The second kappa shape index (κ2) is 6.37. The summed E-state index contributed by atoms with van der Waals surface area (Å²) >= 11 is 0. The van der Waals surface area contributed by atoms with Gasteiger partial charge in [-0.1, -0.05) is 6.07 Å². The molecule has 0 saturated heterocycles. The van der Waals surface area contributed by atoms with Gasteiger partial charge in [0, 0.05) is 12.4 Å². The molecule has 0 aromatic carbocycles. The lowest BCUT2D eigenvalue weighted by Crippen LogP contribution is -2.34. The van der Waals surface area contributed by atoms with Crippen molar-refractivity contribution in [2.45, 2.75) is 12.4 Å². The third-order valence-electron chi connectivity index (χ3n) is 1.64. The number of nitrogens with zero attached hydrogens (tertiary/aromatic N) is 1. The summed E-state index contributed by atoms with van der Waals surface area (Å²) in [7, 11) is -7.07. The van der Waals surface area contributed by atoms with Gasteiger partial charge >= 0.3 is 16.5 Å². The van der Waals surface area contributed by atoms with Crippen molar-refractivity contribution in [2.75, 3.05) is 0 Å². The van der Waals surface area contributed by atoms with Crippen molar-refractivity contribution < 1.29 is 33.1 Å². The van der Waals surface area contributed by atoms with Gasteiger partial charge in [-0.25, -0.2) is 0 Å². The maximum atomic E-state index is 10.5. The van der Waals surface area contributed by atoms with Gasteiger partial charge in [-0.3, -0.25) is 23.2 Å². The zero-order valence-corrected chi connectivity index (χ0v) is 10.4. The van der Waals surface area contributed by atoms with Crippen LogP contribution in [0.1, 0.15) is 5.56 Å². The van der Waals surface area contributed by atoms with Gasteiger partial charge in [0.1, 0.15) is 0 Å². The Labute approximate surface area is 97.7 Å². The predicted molar refractivity (Wildman–Crippen MR) is 57.5 cm³/mol. The van der Waals surface area contributed by atoms with E-state index in [1.807, 2.05) is 0 Å². The van der Waals surface area contributed by atoms with Gasteiger partial charge in [0.15, 0.2) is 0 Å². The van der Waals surface area contributed by atoms with Crippen LogP contribution in [0, 0.1) is 0 Å². The lowest BCUT2D eigenvalue weighted by Gasteiger charge is -2.24. The van der Waals surface area contributed by atoms with Crippen LogP contribution in [0.4, 0.5) is 0 Å². The van der Waals surface area contributed by atoms with Crippen LogP contribution in [0.25, 0.3) is 0 Å². The van der Waals surface area contributed by atoms with Crippen molar-refractivity contribution in [2.24, 2.45) is 0 Å². The summed E-state index contributed by atoms with van der Waals surface area (Å²) in [4.78, 5) is 20.9. The van der Waals surface area contributed by atoms with Gasteiger partial charge in [0.25, 0.3) is 5.97 Å². The summed E-state index contributed by atoms with van der Waals surface area (Å²) < 4.78 is 29.5. The van der Waals surface area contributed by atoms with Crippen LogP contribution >= 0.6 is 16.5 Å². The Balaban J connectivity index is 2.83. The Morgan fingerprint density at radius 3 is 2.29 bits per heavy atom. The van der Waals surface area contributed by atoms with Crippen LogP contribution in [0.2, 0.25) is 0 Å². The first-order valence-electron chi connectivity index (χ1n) is 4.36. The highest BCUT2D eigenvalue weighted by atomic mass is 31.1. The summed E-state index contributed by atoms with van der Waals surface area (Å²) in [6.45, 7) is 0. The van der Waals surface area contributed by atoms with E-state index in [9.17, 15) is 14.2 Å². The molecule has 1 heterocycles. The minimum atomic E-state index is -3.53. The number of aliphatic hydroxyl groups is 1. The Hall–Kier alpha value is -0.590. The van der Waals surface area contributed by atoms with Crippen molar-refractivity contribution in [3.05, 3.63) is 30.1 Å². The average Bonchev–Trinajstić information content (AvgIpc) is 2.15. The Morgan fingerprint density at radius 1 is 1.29 bits per heavy atom. The third-order valence-corrected chi connectivity index (χ3v) is 2.63. The summed E-state index contributed by atoms with van der Waals surface area (Å²) in [6.07, 6.45) is 2.42. The minimum absolute atomic E-state index is 0.404. The van der Waals surface area contributed by atoms with Gasteiger partial charge in [0.05, 0.1) is 6.42 Å². The number of pyridine rings is 1. The van der Waals surface area contributed by atoms with E-state index in [2.05, 4.69) is 14.0 Å². The van der Waals surface area contributed by atoms with E-state index in [1.165, 1.54) is 18.5 Å². The zero-order chi connectivity index (χ0) is 12.9. The molecule has 8 nitrogen and oxygen atoms in total. The number of hydrogen-bond donors (Lipinski definition) is 3. The lowest BCUT2D eigenvalue weighted by molar-refractivity contribution is -0.271. The van der Waals surface area contributed by atoms with Gasteiger partial charge in [-0.05, 0) is 11.6 Å². The van der Waals surface area contributed by atoms with Crippen LogP contribution in [-0.4, -0.2) is 25.9 Å². The van der Waals surface area contributed by atoms with Gasteiger partial charge in [-0.2, -0.15) is 0 Å². The van der Waals surface area contributed by atoms with Crippen molar-refractivity contribution >= 4 is 16.5 Å². The molecule has 0 aliphatic carbocycles. The fourth-order valence-corrected chi connectivity index (χ4v) is 1.98. The average molecular weight is 283 g/mol. The molecule has 0 radical (unpaired) electrons. The molecular formula is C7H11NO7P2. The van der Waals surface area contributed by atoms with Crippen molar-refractivity contribution in [3.8, 4) is 0 Å². The molecule has 2 unspecified atom stereocenters. The van der Waals surface area contributed by atoms with Crippen LogP contribution in [0.5, 0.6) is 0 Å². The highest BCUT2D eigenvalue weighted by Crippen LogP contribution is 2.34. The summed E-state index contributed by atoms with van der Waals surface area (Å²) in [5.41, 5.74) is 0.404. The highest BCUT2D eigenvalue weighted by molar-refractivity contribution is 7.33. The number of aromatic nitrogens is 1. The first-order chi connectivity index (χ1) is 7.91. The number of rotatable bonds is 6. The SMILES string of the molecule is O=[PH](O)OC(O)(Cc1cccnc1)O[PH](=O)O. The van der Waals surface area contributed by atoms with Crippen molar-refractivity contribution in [1.82, 2.24) is 4.98 Å². The van der Waals surface area contributed by atoms with Crippen LogP contribution in [-0.2, 0) is 24.6 Å². The standard InChI is InChI=1S/C7H11NO7P2/c9-7(14-16(10)11,15-17(12)13)4-6-2-1-3-8-5-6/h1-3,5,9,16-17H,4H2,(H,10,11)(H,12,13). The maximum absolute atomic E-state index is 10.5. The number of hydrogen-bond acceptors (Lipinski definition) is 6. The molecule has 0 aliphatic rings. The van der Waals surface area contributed by atoms with E-state index in [0.717, 1.165) is 0 Å². The quantitative estimate of drug-likeness (QED) is 0.494. The molecule has 10 heteroatoms. The molecule has 2 atom stereocenters. The van der Waals surface area contributed by atoms with Crippen molar-refractivity contribution in [1.29, 1.82) is 0 Å². The molecule has 0 saturated carbocycles. The molecule has 0 spiro atoms. The molecule has 0 bridgehead atoms. The molecule has 0 aliphatic heterocycles. The molecular weight excluding hydrogens is 272 g/mol. The smallest absolute Gasteiger partial charge is 0.320 e. The van der Waals surface area contributed by atoms with Crippen LogP contribution in [0.15, 0.2) is 24.5 Å². The van der Waals surface area contributed by atoms with Crippen LogP contribution < -0.4 is 0 Å². The topological polar surface area (TPSA) is 126 Å². The predicted octanol–water partition coefficient (Wildman–Crippen LogP) is 0.0674. The molecule has 3 N–H and O–H groups in total. The lowest BCUT2D eigenvalue weighted by atomic mass is 10.2. The molecule has 96 valence electrons.